The number of hydrogen-bond donors (Lipinski definition) is 0. The smallest absolute Gasteiger partial charge is 0.232 e. The summed E-state index contributed by atoms with van der Waals surface area (Å²) in [6.45, 7) is 2.52. The van der Waals surface area contributed by atoms with Crippen molar-refractivity contribution < 1.29 is 9.18 Å². The molecular weight excluding hydrogens is 289 g/mol. The van der Waals surface area contributed by atoms with Gasteiger partial charge in [-0.05, 0) is 24.3 Å². The van der Waals surface area contributed by atoms with Crippen molar-refractivity contribution in [2.24, 2.45) is 5.92 Å². The van der Waals surface area contributed by atoms with Crippen molar-refractivity contribution >= 4 is 17.7 Å². The molecular formula is C15H16FN3OS. The minimum absolute atomic E-state index is 0.145. The first-order valence-corrected chi connectivity index (χ1v) is 7.81. The zero-order chi connectivity index (χ0) is 14.7. The summed E-state index contributed by atoms with van der Waals surface area (Å²) in [6.07, 6.45) is 5.50. The number of thioether (sulfide) groups is 1. The van der Waals surface area contributed by atoms with Crippen LogP contribution in [0.1, 0.15) is 0 Å². The van der Waals surface area contributed by atoms with E-state index in [2.05, 4.69) is 4.98 Å². The number of likely N-dealkylation sites (tertiary alicyclic amines) is 1. The molecule has 1 fully saturated rings. The minimum Gasteiger partial charge on any atom is -0.341 e. The Hall–Kier alpha value is -1.82. The molecule has 0 radical (unpaired) electrons. The van der Waals surface area contributed by atoms with Crippen LogP contribution in [-0.4, -0.2) is 39.2 Å². The Morgan fingerprint density at radius 3 is 2.76 bits per heavy atom. The molecule has 1 aromatic heterocycles. The highest BCUT2D eigenvalue weighted by Gasteiger charge is 2.30. The summed E-state index contributed by atoms with van der Waals surface area (Å²) >= 11 is 1.45. The molecule has 1 aliphatic heterocycles. The fraction of sp³-hybridized carbons (Fsp3) is 0.333. The van der Waals surface area contributed by atoms with Crippen LogP contribution in [0.15, 0.2) is 47.9 Å². The molecule has 3 rings (SSSR count). The van der Waals surface area contributed by atoms with E-state index in [1.54, 1.807) is 24.7 Å². The Morgan fingerprint density at radius 2 is 2.10 bits per heavy atom. The molecule has 21 heavy (non-hydrogen) atoms. The number of imidazole rings is 1. The van der Waals surface area contributed by atoms with Gasteiger partial charge in [0.05, 0.1) is 12.1 Å². The molecule has 2 aromatic rings. The Labute approximate surface area is 127 Å². The van der Waals surface area contributed by atoms with Gasteiger partial charge in [-0.15, -0.1) is 11.8 Å². The zero-order valence-electron chi connectivity index (χ0n) is 11.5. The third-order valence-electron chi connectivity index (χ3n) is 3.51. The quantitative estimate of drug-likeness (QED) is 0.795. The van der Waals surface area contributed by atoms with Crippen LogP contribution in [0.2, 0.25) is 0 Å². The van der Waals surface area contributed by atoms with Gasteiger partial charge >= 0.3 is 0 Å². The van der Waals surface area contributed by atoms with Crippen molar-refractivity contribution in [1.82, 2.24) is 14.5 Å². The highest BCUT2D eigenvalue weighted by molar-refractivity contribution is 8.00. The Balaban J connectivity index is 1.40. The lowest BCUT2D eigenvalue weighted by Crippen LogP contribution is -2.51. The number of hydrogen-bond acceptors (Lipinski definition) is 3. The molecule has 1 saturated heterocycles. The predicted octanol–water partition coefficient (Wildman–Crippen LogP) is 2.27. The van der Waals surface area contributed by atoms with Crippen molar-refractivity contribution in [2.45, 2.75) is 11.4 Å². The molecule has 0 atom stereocenters. The van der Waals surface area contributed by atoms with Crippen LogP contribution in [0.25, 0.3) is 0 Å². The minimum atomic E-state index is -0.254. The van der Waals surface area contributed by atoms with Gasteiger partial charge in [-0.1, -0.05) is 0 Å². The number of rotatable bonds is 5. The standard InChI is InChI=1S/C15H16FN3OS/c16-13-1-3-14(4-2-13)21-10-15(20)19-8-12(9-19)7-18-6-5-17-11-18/h1-6,11-12H,7-10H2. The third kappa shape index (κ3) is 3.64. The zero-order valence-corrected chi connectivity index (χ0v) is 12.3. The Morgan fingerprint density at radius 1 is 1.33 bits per heavy atom. The first-order valence-electron chi connectivity index (χ1n) is 6.82. The first kappa shape index (κ1) is 14.1. The van der Waals surface area contributed by atoms with Gasteiger partial charge in [-0.3, -0.25) is 4.79 Å². The maximum Gasteiger partial charge on any atom is 0.232 e. The molecule has 0 N–H and O–H groups in total. The maximum atomic E-state index is 12.8. The number of carbonyl (C=O) groups excluding carboxylic acids is 1. The summed E-state index contributed by atoms with van der Waals surface area (Å²) < 4.78 is 14.8. The summed E-state index contributed by atoms with van der Waals surface area (Å²) in [5.74, 6) is 0.810. The van der Waals surface area contributed by atoms with Crippen molar-refractivity contribution in [1.29, 1.82) is 0 Å². The summed E-state index contributed by atoms with van der Waals surface area (Å²) in [7, 11) is 0. The fourth-order valence-electron chi connectivity index (χ4n) is 2.35. The van der Waals surface area contributed by atoms with Crippen LogP contribution in [0.3, 0.4) is 0 Å². The second-order valence-corrected chi connectivity index (χ2v) is 6.22. The van der Waals surface area contributed by atoms with Gasteiger partial charge in [0.25, 0.3) is 0 Å². The van der Waals surface area contributed by atoms with E-state index in [4.69, 9.17) is 0 Å². The number of carbonyl (C=O) groups is 1. The molecule has 0 spiro atoms. The molecule has 2 heterocycles. The lowest BCUT2D eigenvalue weighted by atomic mass is 10.0. The lowest BCUT2D eigenvalue weighted by Gasteiger charge is -2.39. The van der Waals surface area contributed by atoms with E-state index in [-0.39, 0.29) is 11.7 Å². The van der Waals surface area contributed by atoms with Crippen LogP contribution in [-0.2, 0) is 11.3 Å². The van der Waals surface area contributed by atoms with E-state index >= 15 is 0 Å². The highest BCUT2D eigenvalue weighted by Crippen LogP contribution is 2.22. The van der Waals surface area contributed by atoms with Gasteiger partial charge in [-0.25, -0.2) is 9.37 Å². The van der Waals surface area contributed by atoms with E-state index in [0.717, 1.165) is 24.5 Å². The van der Waals surface area contributed by atoms with E-state index in [0.29, 0.717) is 11.7 Å². The average molecular weight is 305 g/mol. The number of benzene rings is 1. The van der Waals surface area contributed by atoms with Crippen LogP contribution in [0, 0.1) is 11.7 Å². The van der Waals surface area contributed by atoms with Crippen molar-refractivity contribution in [3.63, 3.8) is 0 Å². The SMILES string of the molecule is O=C(CSc1ccc(F)cc1)N1CC(Cn2ccnc2)C1. The van der Waals surface area contributed by atoms with Gasteiger partial charge in [0, 0.05) is 42.8 Å². The van der Waals surface area contributed by atoms with E-state index in [1.807, 2.05) is 15.7 Å². The molecule has 1 aromatic carbocycles. The van der Waals surface area contributed by atoms with E-state index in [9.17, 15) is 9.18 Å². The highest BCUT2D eigenvalue weighted by atomic mass is 32.2. The topological polar surface area (TPSA) is 38.1 Å². The number of halogens is 1. The van der Waals surface area contributed by atoms with Gasteiger partial charge in [0.1, 0.15) is 5.82 Å². The second kappa shape index (κ2) is 6.30. The number of amides is 1. The molecule has 4 nitrogen and oxygen atoms in total. The predicted molar refractivity (Wildman–Crippen MR) is 79.4 cm³/mol. The van der Waals surface area contributed by atoms with Gasteiger partial charge in [0.2, 0.25) is 5.91 Å². The first-order chi connectivity index (χ1) is 10.2. The van der Waals surface area contributed by atoms with Crippen LogP contribution in [0.4, 0.5) is 4.39 Å². The number of aromatic nitrogens is 2. The average Bonchev–Trinajstić information content (AvgIpc) is 2.94. The monoisotopic (exact) mass is 305 g/mol. The van der Waals surface area contributed by atoms with Gasteiger partial charge < -0.3 is 9.47 Å². The summed E-state index contributed by atoms with van der Waals surface area (Å²) in [5.41, 5.74) is 0. The van der Waals surface area contributed by atoms with Gasteiger partial charge in [-0.2, -0.15) is 0 Å². The molecule has 6 heteroatoms. The van der Waals surface area contributed by atoms with E-state index < -0.39 is 0 Å². The third-order valence-corrected chi connectivity index (χ3v) is 4.51. The molecule has 1 amide bonds. The molecule has 0 aliphatic carbocycles. The largest absolute Gasteiger partial charge is 0.341 e. The lowest BCUT2D eigenvalue weighted by molar-refractivity contribution is -0.134. The fourth-order valence-corrected chi connectivity index (χ4v) is 3.15. The Kier molecular flexibility index (Phi) is 4.24. The van der Waals surface area contributed by atoms with Crippen LogP contribution < -0.4 is 0 Å². The molecule has 0 unspecified atom stereocenters. The summed E-state index contributed by atoms with van der Waals surface area (Å²) in [4.78, 5) is 18.8. The summed E-state index contributed by atoms with van der Waals surface area (Å²) in [6, 6.07) is 6.23. The second-order valence-electron chi connectivity index (χ2n) is 5.17. The van der Waals surface area contributed by atoms with Crippen molar-refractivity contribution in [3.05, 3.63) is 48.8 Å². The molecule has 0 bridgehead atoms. The Bertz CT molecular complexity index is 594. The van der Waals surface area contributed by atoms with Crippen LogP contribution >= 0.6 is 11.8 Å². The van der Waals surface area contributed by atoms with Gasteiger partial charge in [0.15, 0.2) is 0 Å². The van der Waals surface area contributed by atoms with Crippen molar-refractivity contribution in [2.75, 3.05) is 18.8 Å². The molecule has 1 aliphatic rings. The molecule has 110 valence electrons. The normalized spacial score (nSPS) is 15.0. The molecule has 0 saturated carbocycles. The van der Waals surface area contributed by atoms with E-state index in [1.165, 1.54) is 23.9 Å². The summed E-state index contributed by atoms with van der Waals surface area (Å²) in [5, 5.41) is 0. The van der Waals surface area contributed by atoms with Crippen molar-refractivity contribution in [3.8, 4) is 0 Å². The maximum absolute atomic E-state index is 12.8. The van der Waals surface area contributed by atoms with Crippen LogP contribution in [0.5, 0.6) is 0 Å². The number of nitrogens with zero attached hydrogens (tertiary/aromatic N) is 3.